The number of esters is 1. The molecule has 0 unspecified atom stereocenters. The van der Waals surface area contributed by atoms with Crippen molar-refractivity contribution >= 4 is 35.2 Å². The zero-order valence-corrected chi connectivity index (χ0v) is 14.1. The van der Waals surface area contributed by atoms with Crippen LogP contribution in [0.4, 0.5) is 0 Å². The second-order valence-corrected chi connectivity index (χ2v) is 6.18. The first-order valence-corrected chi connectivity index (χ1v) is 8.18. The number of nitrogens with one attached hydrogen (secondary N) is 1. The van der Waals surface area contributed by atoms with E-state index in [1.165, 1.54) is 7.11 Å². The molecule has 1 heterocycles. The van der Waals surface area contributed by atoms with E-state index in [1.54, 1.807) is 24.3 Å². The molecule has 1 aliphatic rings. The van der Waals surface area contributed by atoms with Crippen molar-refractivity contribution in [1.82, 2.24) is 5.32 Å². The van der Waals surface area contributed by atoms with Gasteiger partial charge in [-0.2, -0.15) is 10.5 Å². The number of carbonyl (C=O) groups is 2. The minimum absolute atomic E-state index is 0.0545. The van der Waals surface area contributed by atoms with Crippen molar-refractivity contribution in [3.8, 4) is 12.1 Å². The lowest BCUT2D eigenvalue weighted by atomic mass is 9.78. The third-order valence-electron chi connectivity index (χ3n) is 3.51. The number of methoxy groups -OCH3 is 1. The Morgan fingerprint density at radius 1 is 1.42 bits per heavy atom. The van der Waals surface area contributed by atoms with Crippen LogP contribution in [0.25, 0.3) is 0 Å². The number of ether oxygens (including phenoxy) is 1. The summed E-state index contributed by atoms with van der Waals surface area (Å²) in [6.45, 7) is 0. The number of carbonyl (C=O) groups excluding carboxylic acids is 2. The predicted octanol–water partition coefficient (Wildman–Crippen LogP) is 2.33. The van der Waals surface area contributed by atoms with E-state index in [0.29, 0.717) is 10.6 Å². The summed E-state index contributed by atoms with van der Waals surface area (Å²) in [6.07, 6.45) is 0. The van der Waals surface area contributed by atoms with Crippen LogP contribution >= 0.6 is 23.4 Å². The molecule has 0 radical (unpaired) electrons. The average Bonchev–Trinajstić information content (AvgIpc) is 2.59. The number of allylic oxidation sites excluding steroid dienone is 1. The smallest absolute Gasteiger partial charge is 0.319 e. The fourth-order valence-corrected chi connectivity index (χ4v) is 3.45. The maximum absolute atomic E-state index is 12.4. The van der Waals surface area contributed by atoms with Gasteiger partial charge in [-0.3, -0.25) is 9.59 Å². The minimum atomic E-state index is -1.23. The lowest BCUT2D eigenvalue weighted by Gasteiger charge is -2.31. The van der Waals surface area contributed by atoms with Gasteiger partial charge in [0.25, 0.3) is 0 Å². The van der Waals surface area contributed by atoms with Gasteiger partial charge in [-0.15, -0.1) is 0 Å². The summed E-state index contributed by atoms with van der Waals surface area (Å²) in [5, 5.41) is 21.5. The minimum Gasteiger partial charge on any atom is -0.468 e. The van der Waals surface area contributed by atoms with E-state index < -0.39 is 23.7 Å². The standard InChI is InChI=1S/C16H12ClN3O3S/c1-23-16(22)13-12(9-4-2-3-5-11(9)17)10(8-19)15(20-14(13)21)24-7-6-18/h2-5,12-13H,7H2,1H3,(H,20,21)/t12-,13-/m1/s1. The molecule has 1 aromatic rings. The lowest BCUT2D eigenvalue weighted by molar-refractivity contribution is -0.150. The number of nitrogens with zero attached hydrogens (tertiary/aromatic N) is 2. The molecule has 1 aromatic carbocycles. The molecule has 0 spiro atoms. The van der Waals surface area contributed by atoms with Crippen molar-refractivity contribution in [2.24, 2.45) is 5.92 Å². The third-order valence-corrected chi connectivity index (χ3v) is 4.73. The van der Waals surface area contributed by atoms with E-state index in [1.807, 2.05) is 12.1 Å². The van der Waals surface area contributed by atoms with Gasteiger partial charge in [0.05, 0.1) is 35.6 Å². The van der Waals surface area contributed by atoms with Gasteiger partial charge in [0.15, 0.2) is 0 Å². The highest BCUT2D eigenvalue weighted by Crippen LogP contribution is 2.42. The van der Waals surface area contributed by atoms with Crippen molar-refractivity contribution < 1.29 is 14.3 Å². The molecular weight excluding hydrogens is 350 g/mol. The van der Waals surface area contributed by atoms with Crippen LogP contribution in [0, 0.1) is 28.6 Å². The predicted molar refractivity (Wildman–Crippen MR) is 88.6 cm³/mol. The van der Waals surface area contributed by atoms with Crippen LogP contribution in [0.1, 0.15) is 11.5 Å². The third kappa shape index (κ3) is 3.38. The number of hydrogen-bond donors (Lipinski definition) is 1. The monoisotopic (exact) mass is 361 g/mol. The van der Waals surface area contributed by atoms with Crippen molar-refractivity contribution in [2.45, 2.75) is 5.92 Å². The van der Waals surface area contributed by atoms with Gasteiger partial charge in [-0.1, -0.05) is 41.6 Å². The van der Waals surface area contributed by atoms with Gasteiger partial charge in [0, 0.05) is 10.9 Å². The fourth-order valence-electron chi connectivity index (χ4n) is 2.49. The first kappa shape index (κ1) is 17.9. The van der Waals surface area contributed by atoms with Gasteiger partial charge >= 0.3 is 5.97 Å². The second-order valence-electron chi connectivity index (χ2n) is 4.79. The molecule has 0 saturated carbocycles. The summed E-state index contributed by atoms with van der Waals surface area (Å²) in [6, 6.07) is 10.7. The SMILES string of the molecule is COC(=O)[C@H]1C(=O)NC(SCC#N)=C(C#N)[C@H]1c1ccccc1Cl. The van der Waals surface area contributed by atoms with Crippen LogP contribution in [0.2, 0.25) is 5.02 Å². The molecular formula is C16H12ClN3O3S. The molecule has 1 aliphatic heterocycles. The highest BCUT2D eigenvalue weighted by atomic mass is 35.5. The Hall–Kier alpha value is -2.48. The lowest BCUT2D eigenvalue weighted by Crippen LogP contribution is -2.44. The second kappa shape index (κ2) is 7.87. The highest BCUT2D eigenvalue weighted by Gasteiger charge is 2.44. The maximum Gasteiger partial charge on any atom is 0.319 e. The number of benzene rings is 1. The highest BCUT2D eigenvalue weighted by molar-refractivity contribution is 8.03. The first-order chi connectivity index (χ1) is 11.5. The first-order valence-electron chi connectivity index (χ1n) is 6.82. The molecule has 122 valence electrons. The summed E-state index contributed by atoms with van der Waals surface area (Å²) in [5.74, 6) is -3.39. The van der Waals surface area contributed by atoms with Crippen molar-refractivity contribution in [3.63, 3.8) is 0 Å². The summed E-state index contributed by atoms with van der Waals surface area (Å²) in [7, 11) is 1.18. The largest absolute Gasteiger partial charge is 0.468 e. The Morgan fingerprint density at radius 3 is 2.71 bits per heavy atom. The molecule has 1 amide bonds. The number of hydrogen-bond acceptors (Lipinski definition) is 6. The van der Waals surface area contributed by atoms with E-state index in [4.69, 9.17) is 21.6 Å². The number of thioether (sulfide) groups is 1. The summed E-state index contributed by atoms with van der Waals surface area (Å²) in [4.78, 5) is 24.6. The molecule has 0 aromatic heterocycles. The Balaban J connectivity index is 2.65. The molecule has 1 N–H and O–H groups in total. The molecule has 0 saturated heterocycles. The molecule has 24 heavy (non-hydrogen) atoms. The van der Waals surface area contributed by atoms with Gasteiger partial charge < -0.3 is 10.1 Å². The van der Waals surface area contributed by atoms with E-state index in [2.05, 4.69) is 5.32 Å². The van der Waals surface area contributed by atoms with Gasteiger partial charge in [-0.25, -0.2) is 0 Å². The number of rotatable bonds is 4. The normalized spacial score (nSPS) is 19.9. The Kier molecular flexibility index (Phi) is 5.86. The quantitative estimate of drug-likeness (QED) is 0.652. The van der Waals surface area contributed by atoms with Crippen molar-refractivity contribution in [1.29, 1.82) is 10.5 Å². The van der Waals surface area contributed by atoms with Gasteiger partial charge in [0.1, 0.15) is 5.92 Å². The summed E-state index contributed by atoms with van der Waals surface area (Å²) >= 11 is 7.25. The van der Waals surface area contributed by atoms with Crippen molar-refractivity contribution in [2.75, 3.05) is 12.9 Å². The van der Waals surface area contributed by atoms with E-state index in [9.17, 15) is 14.9 Å². The van der Waals surface area contributed by atoms with Crippen molar-refractivity contribution in [3.05, 3.63) is 45.5 Å². The molecule has 0 fully saturated rings. The summed E-state index contributed by atoms with van der Waals surface area (Å²) < 4.78 is 4.73. The zero-order valence-electron chi connectivity index (χ0n) is 12.6. The topological polar surface area (TPSA) is 103 Å². The van der Waals surface area contributed by atoms with E-state index in [-0.39, 0.29) is 16.4 Å². The molecule has 0 aliphatic carbocycles. The van der Waals surface area contributed by atoms with E-state index in [0.717, 1.165) is 11.8 Å². The molecule has 2 atom stereocenters. The van der Waals surface area contributed by atoms with Crippen LogP contribution in [-0.2, 0) is 14.3 Å². The number of nitriles is 2. The van der Waals surface area contributed by atoms with Crippen LogP contribution in [0.5, 0.6) is 0 Å². The Labute approximate surface area is 148 Å². The molecule has 2 rings (SSSR count). The van der Waals surface area contributed by atoms with E-state index >= 15 is 0 Å². The fraction of sp³-hybridized carbons (Fsp3) is 0.250. The van der Waals surface area contributed by atoms with Crippen LogP contribution in [0.3, 0.4) is 0 Å². The Bertz CT molecular complexity index is 794. The van der Waals surface area contributed by atoms with Crippen LogP contribution in [-0.4, -0.2) is 24.7 Å². The molecule has 8 heteroatoms. The Morgan fingerprint density at radius 2 is 2.12 bits per heavy atom. The maximum atomic E-state index is 12.4. The van der Waals surface area contributed by atoms with Crippen LogP contribution < -0.4 is 5.32 Å². The number of amides is 1. The van der Waals surface area contributed by atoms with Gasteiger partial charge in [-0.05, 0) is 11.6 Å². The number of halogens is 1. The molecule has 6 nitrogen and oxygen atoms in total. The van der Waals surface area contributed by atoms with Gasteiger partial charge in [0.2, 0.25) is 5.91 Å². The van der Waals surface area contributed by atoms with Crippen LogP contribution in [0.15, 0.2) is 34.9 Å². The molecule has 0 bridgehead atoms. The zero-order chi connectivity index (χ0) is 17.7. The summed E-state index contributed by atoms with van der Waals surface area (Å²) in [5.41, 5.74) is 0.661. The average molecular weight is 362 g/mol.